The molecule has 3 unspecified atom stereocenters. The average Bonchev–Trinajstić information content (AvgIpc) is 2.34. The number of methoxy groups -OCH3 is 1. The zero-order valence-corrected chi connectivity index (χ0v) is 11.7. The van der Waals surface area contributed by atoms with Gasteiger partial charge in [-0.3, -0.25) is 0 Å². The van der Waals surface area contributed by atoms with Crippen molar-refractivity contribution in [3.63, 3.8) is 0 Å². The predicted molar refractivity (Wildman–Crippen MR) is 53.9 cm³/mol. The van der Waals surface area contributed by atoms with Crippen molar-refractivity contribution < 1.29 is 44.3 Å². The standard InChI is InChI=1S/C6H10O7.C2H3O2.Ca/c7-1-3(9)5(10)4(2-8)13-6(11)12;1-4-2-3;/h2-5,7,9-10H,1H2,(H,11,12);1H3;/q;-1;+2/p-1. The van der Waals surface area contributed by atoms with Crippen molar-refractivity contribution in [2.24, 2.45) is 0 Å². The Morgan fingerprint density at radius 1 is 1.50 bits per heavy atom. The van der Waals surface area contributed by atoms with Gasteiger partial charge in [0.15, 0.2) is 0 Å². The monoisotopic (exact) mass is 292 g/mol. The van der Waals surface area contributed by atoms with Crippen molar-refractivity contribution in [2.75, 3.05) is 13.7 Å². The summed E-state index contributed by atoms with van der Waals surface area (Å²) in [7, 11) is 1.26. The van der Waals surface area contributed by atoms with E-state index in [4.69, 9.17) is 20.1 Å². The van der Waals surface area contributed by atoms with E-state index < -0.39 is 31.1 Å². The van der Waals surface area contributed by atoms with E-state index in [0.29, 0.717) is 0 Å². The number of rotatable bonds is 6. The molecule has 0 aromatic heterocycles. The molecule has 0 spiro atoms. The molecule has 0 aromatic carbocycles. The average molecular weight is 292 g/mol. The molecule has 0 rings (SSSR count). The third kappa shape index (κ3) is 12.0. The van der Waals surface area contributed by atoms with Crippen LogP contribution in [0.3, 0.4) is 0 Å². The smallest absolute Gasteiger partial charge is 0.655 e. The van der Waals surface area contributed by atoms with Gasteiger partial charge in [0, 0.05) is 7.11 Å². The third-order valence-electron chi connectivity index (χ3n) is 1.37. The quantitative estimate of drug-likeness (QED) is 0.192. The third-order valence-corrected chi connectivity index (χ3v) is 1.37. The van der Waals surface area contributed by atoms with Crippen LogP contribution in [0.4, 0.5) is 4.79 Å². The fraction of sp³-hybridized carbons (Fsp3) is 0.625. The number of aliphatic hydroxyl groups excluding tert-OH is 3. The number of carbonyl (C=O) groups excluding carboxylic acids is 3. The summed E-state index contributed by atoms with van der Waals surface area (Å²) in [4.78, 5) is 28.8. The molecule has 0 bridgehead atoms. The fourth-order valence-electron chi connectivity index (χ4n) is 0.616. The second-order valence-corrected chi connectivity index (χ2v) is 2.50. The Bertz CT molecular complexity index is 235. The van der Waals surface area contributed by atoms with Crippen LogP contribution in [0.5, 0.6) is 0 Å². The van der Waals surface area contributed by atoms with Crippen LogP contribution in [-0.2, 0) is 19.1 Å². The molecule has 0 aromatic rings. The van der Waals surface area contributed by atoms with Crippen molar-refractivity contribution in [1.82, 2.24) is 0 Å². The van der Waals surface area contributed by atoms with E-state index in [2.05, 4.69) is 9.47 Å². The molecule has 0 heterocycles. The minimum atomic E-state index is -2.00. The van der Waals surface area contributed by atoms with Crippen molar-refractivity contribution in [1.29, 1.82) is 0 Å². The molecule has 0 aliphatic carbocycles. The van der Waals surface area contributed by atoms with Gasteiger partial charge in [0.1, 0.15) is 24.6 Å². The Balaban J connectivity index is -0.000000392. The molecule has 0 radical (unpaired) electrons. The number of carboxylic acid groups (broad SMARTS) is 1. The van der Waals surface area contributed by atoms with E-state index in [1.807, 2.05) is 0 Å². The normalized spacial score (nSPS) is 13.6. The summed E-state index contributed by atoms with van der Waals surface area (Å²) in [6.45, 7) is 0.363. The molecule has 9 nitrogen and oxygen atoms in total. The summed E-state index contributed by atoms with van der Waals surface area (Å²) in [5.74, 6) is 0. The fourth-order valence-corrected chi connectivity index (χ4v) is 0.616. The molecule has 0 amide bonds. The predicted octanol–water partition coefficient (Wildman–Crippen LogP) is -4.05. The van der Waals surface area contributed by atoms with Crippen molar-refractivity contribution in [3.05, 3.63) is 0 Å². The summed E-state index contributed by atoms with van der Waals surface area (Å²) < 4.78 is 7.54. The maximum atomic E-state index is 10.1. The van der Waals surface area contributed by atoms with Gasteiger partial charge in [-0.15, -0.1) is 0 Å². The summed E-state index contributed by atoms with van der Waals surface area (Å²) in [6, 6.07) is 0. The SMILES string of the molecule is CO[C-]=O.O=CC(OC(=O)[O-])C(O)C(O)CO.[Ca+2]. The van der Waals surface area contributed by atoms with E-state index in [-0.39, 0.29) is 44.0 Å². The molecule has 100 valence electrons. The molecule has 18 heavy (non-hydrogen) atoms. The zero-order chi connectivity index (χ0) is 13.8. The molecule has 3 atom stereocenters. The van der Waals surface area contributed by atoms with E-state index in [1.165, 1.54) is 13.6 Å². The van der Waals surface area contributed by atoms with Crippen molar-refractivity contribution in [3.8, 4) is 0 Å². The Morgan fingerprint density at radius 2 is 1.94 bits per heavy atom. The number of hydrogen-bond donors (Lipinski definition) is 3. The summed E-state index contributed by atoms with van der Waals surface area (Å²) >= 11 is 0. The van der Waals surface area contributed by atoms with Crippen LogP contribution in [0.25, 0.3) is 0 Å². The van der Waals surface area contributed by atoms with E-state index in [1.54, 1.807) is 0 Å². The van der Waals surface area contributed by atoms with Crippen LogP contribution in [0, 0.1) is 0 Å². The number of aliphatic hydroxyl groups is 3. The molecular formula is C8H12CaO9. The van der Waals surface area contributed by atoms with Crippen LogP contribution in [-0.4, -0.2) is 104 Å². The van der Waals surface area contributed by atoms with Crippen molar-refractivity contribution >= 4 is 56.7 Å². The Labute approximate surface area is 132 Å². The van der Waals surface area contributed by atoms with Gasteiger partial charge in [-0.1, -0.05) is 6.47 Å². The number of hydrogen-bond acceptors (Lipinski definition) is 9. The topological polar surface area (TPSA) is 153 Å². The van der Waals surface area contributed by atoms with Gasteiger partial charge in [-0.05, 0) is 0 Å². The maximum absolute atomic E-state index is 10.1. The molecule has 10 heteroatoms. The van der Waals surface area contributed by atoms with Gasteiger partial charge in [0.25, 0.3) is 6.16 Å². The van der Waals surface area contributed by atoms with E-state index in [9.17, 15) is 14.7 Å². The Kier molecular flexibility index (Phi) is 18.4. The first-order valence-electron chi connectivity index (χ1n) is 4.14. The van der Waals surface area contributed by atoms with Crippen LogP contribution >= 0.6 is 0 Å². The summed E-state index contributed by atoms with van der Waals surface area (Å²) in [5, 5.41) is 35.9. The Hall–Kier alpha value is -0.450. The van der Waals surface area contributed by atoms with Crippen LogP contribution < -0.4 is 5.11 Å². The van der Waals surface area contributed by atoms with Gasteiger partial charge in [0.2, 0.25) is 0 Å². The molecule has 0 saturated carbocycles. The van der Waals surface area contributed by atoms with Crippen molar-refractivity contribution in [2.45, 2.75) is 18.3 Å². The second-order valence-electron chi connectivity index (χ2n) is 2.50. The molecule has 0 saturated heterocycles. The number of ether oxygens (including phenoxy) is 2. The number of aldehydes is 1. The van der Waals surface area contributed by atoms with Crippen LogP contribution in [0.1, 0.15) is 0 Å². The first-order valence-corrected chi connectivity index (χ1v) is 4.14. The molecule has 3 N–H and O–H groups in total. The minimum Gasteiger partial charge on any atom is -0.655 e. The van der Waals surface area contributed by atoms with E-state index in [0.717, 1.165) is 0 Å². The largest absolute Gasteiger partial charge is 2.00 e. The van der Waals surface area contributed by atoms with Crippen LogP contribution in [0.2, 0.25) is 0 Å². The summed E-state index contributed by atoms with van der Waals surface area (Å²) in [5.41, 5.74) is 0. The number of carbonyl (C=O) groups is 2. The second kappa shape index (κ2) is 14.6. The maximum Gasteiger partial charge on any atom is 2.00 e. The van der Waals surface area contributed by atoms with Gasteiger partial charge in [0.05, 0.1) is 6.61 Å². The first kappa shape index (κ1) is 22.7. The van der Waals surface area contributed by atoms with Gasteiger partial charge in [-0.2, -0.15) is 0 Å². The molecule has 0 aliphatic heterocycles. The van der Waals surface area contributed by atoms with E-state index >= 15 is 0 Å². The molecule has 0 aliphatic rings. The molecular weight excluding hydrogens is 280 g/mol. The van der Waals surface area contributed by atoms with Gasteiger partial charge >= 0.3 is 37.7 Å². The minimum absolute atomic E-state index is 0. The van der Waals surface area contributed by atoms with Crippen LogP contribution in [0.15, 0.2) is 0 Å². The Morgan fingerprint density at radius 3 is 2.17 bits per heavy atom. The van der Waals surface area contributed by atoms with Gasteiger partial charge < -0.3 is 44.3 Å². The van der Waals surface area contributed by atoms with Gasteiger partial charge in [-0.25, -0.2) is 0 Å². The summed E-state index contributed by atoms with van der Waals surface area (Å²) in [6.07, 6.45) is -7.22. The zero-order valence-electron chi connectivity index (χ0n) is 9.51. The molecule has 0 fully saturated rings. The first-order chi connectivity index (χ1) is 7.94.